The van der Waals surface area contributed by atoms with E-state index in [9.17, 15) is 22.4 Å². The van der Waals surface area contributed by atoms with E-state index >= 15 is 0 Å². The van der Waals surface area contributed by atoms with E-state index in [1.54, 1.807) is 10.6 Å². The molecule has 2 atom stereocenters. The molecule has 0 aliphatic carbocycles. The number of hydrazine groups is 1. The second kappa shape index (κ2) is 9.99. The summed E-state index contributed by atoms with van der Waals surface area (Å²) in [6, 6.07) is 10.0. The number of anilines is 2. The van der Waals surface area contributed by atoms with E-state index in [0.717, 1.165) is 5.01 Å². The van der Waals surface area contributed by atoms with Crippen LogP contribution < -0.4 is 27.9 Å². The fraction of sp³-hybridized carbons (Fsp3) is 0.192. The Morgan fingerprint density at radius 1 is 1.20 bits per heavy atom. The zero-order chi connectivity index (χ0) is 28.9. The monoisotopic (exact) mass is 574 g/mol. The number of halogens is 5. The number of rotatable bonds is 5. The Hall–Kier alpha value is -4.36. The van der Waals surface area contributed by atoms with Crippen molar-refractivity contribution in [3.05, 3.63) is 93.4 Å². The smallest absolute Gasteiger partial charge is 0.393 e. The number of pyridine rings is 2. The Bertz CT molecular complexity index is 1700. The average Bonchev–Trinajstić information content (AvgIpc) is 3.48. The number of nitrogens with one attached hydrogen (secondary N) is 1. The van der Waals surface area contributed by atoms with Crippen molar-refractivity contribution >= 4 is 23.1 Å². The predicted molar refractivity (Wildman–Crippen MR) is 143 cm³/mol. The van der Waals surface area contributed by atoms with Crippen LogP contribution in [0.25, 0.3) is 22.4 Å². The minimum atomic E-state index is -4.77. The van der Waals surface area contributed by atoms with Crippen LogP contribution in [0.2, 0.25) is 5.02 Å². The van der Waals surface area contributed by atoms with Gasteiger partial charge in [-0.3, -0.25) is 9.80 Å². The number of aromatic amines is 1. The van der Waals surface area contributed by atoms with Crippen molar-refractivity contribution in [1.29, 1.82) is 0 Å². The van der Waals surface area contributed by atoms with E-state index in [0.29, 0.717) is 46.0 Å². The SMILES string of the molecule is C[C@@H]1CC(c2ncc(-c3ccc(N)nc3F)[nH]2)n2c1cc(-c1cc(Cl)ccc1N(N)/C=C(\N)C(F)(F)F)cc2=O. The summed E-state index contributed by atoms with van der Waals surface area (Å²) in [6.07, 6.45) is -2.24. The highest BCUT2D eigenvalue weighted by Gasteiger charge is 2.34. The van der Waals surface area contributed by atoms with Gasteiger partial charge in [-0.2, -0.15) is 17.6 Å². The molecule has 3 aromatic heterocycles. The van der Waals surface area contributed by atoms with Crippen molar-refractivity contribution in [2.24, 2.45) is 11.6 Å². The topological polar surface area (TPSA) is 145 Å². The molecule has 0 bridgehead atoms. The summed E-state index contributed by atoms with van der Waals surface area (Å²) in [5, 5.41) is 1.03. The molecule has 7 N–H and O–H groups in total. The number of hydrogen-bond acceptors (Lipinski definition) is 7. The number of nitrogen functional groups attached to an aromatic ring is 1. The molecular formula is C26H23ClF4N8O. The van der Waals surface area contributed by atoms with Crippen molar-refractivity contribution in [3.63, 3.8) is 0 Å². The lowest BCUT2D eigenvalue weighted by Gasteiger charge is -2.21. The fourth-order valence-electron chi connectivity index (χ4n) is 4.81. The highest BCUT2D eigenvalue weighted by Crippen LogP contribution is 2.41. The molecule has 0 saturated carbocycles. The number of nitrogens with zero attached hydrogens (tertiary/aromatic N) is 4. The van der Waals surface area contributed by atoms with Gasteiger partial charge in [0.2, 0.25) is 5.95 Å². The summed E-state index contributed by atoms with van der Waals surface area (Å²) in [6.45, 7) is 1.93. The Kier molecular flexibility index (Phi) is 6.80. The van der Waals surface area contributed by atoms with Crippen LogP contribution in [-0.4, -0.2) is 25.7 Å². The highest BCUT2D eigenvalue weighted by molar-refractivity contribution is 6.31. The maximum Gasteiger partial charge on any atom is 0.432 e. The summed E-state index contributed by atoms with van der Waals surface area (Å²) < 4.78 is 54.9. The molecule has 14 heteroatoms. The minimum Gasteiger partial charge on any atom is -0.393 e. The zero-order valence-corrected chi connectivity index (χ0v) is 21.6. The van der Waals surface area contributed by atoms with Crippen LogP contribution in [0.4, 0.5) is 29.1 Å². The van der Waals surface area contributed by atoms with Crippen LogP contribution in [0, 0.1) is 5.95 Å². The molecule has 1 unspecified atom stereocenters. The van der Waals surface area contributed by atoms with E-state index in [2.05, 4.69) is 15.0 Å². The van der Waals surface area contributed by atoms with Crippen LogP contribution in [0.15, 0.2) is 65.4 Å². The maximum atomic E-state index is 14.4. The first-order chi connectivity index (χ1) is 18.8. The Balaban J connectivity index is 1.55. The van der Waals surface area contributed by atoms with Crippen LogP contribution in [0.1, 0.15) is 36.8 Å². The third-order valence-corrected chi connectivity index (χ3v) is 6.95. The number of imidazole rings is 1. The third kappa shape index (κ3) is 5.00. The molecule has 1 aliphatic heterocycles. The lowest BCUT2D eigenvalue weighted by Crippen LogP contribution is -2.30. The molecule has 5 rings (SSSR count). The number of aromatic nitrogens is 4. The van der Waals surface area contributed by atoms with Gasteiger partial charge in [-0.25, -0.2) is 15.8 Å². The van der Waals surface area contributed by atoms with Crippen molar-refractivity contribution < 1.29 is 17.6 Å². The number of alkyl halides is 3. The van der Waals surface area contributed by atoms with Crippen molar-refractivity contribution in [1.82, 2.24) is 19.5 Å². The van der Waals surface area contributed by atoms with Gasteiger partial charge in [0.05, 0.1) is 29.2 Å². The quantitative estimate of drug-likeness (QED) is 0.116. The van der Waals surface area contributed by atoms with Crippen molar-refractivity contribution in [2.75, 3.05) is 10.7 Å². The van der Waals surface area contributed by atoms with E-state index in [1.165, 1.54) is 42.6 Å². The Morgan fingerprint density at radius 2 is 1.95 bits per heavy atom. The second-order valence-electron chi connectivity index (χ2n) is 9.44. The summed E-state index contributed by atoms with van der Waals surface area (Å²) in [4.78, 5) is 24.6. The molecule has 0 radical (unpaired) electrons. The molecule has 0 saturated heterocycles. The van der Waals surface area contributed by atoms with Gasteiger partial charge in [0, 0.05) is 28.5 Å². The molecule has 9 nitrogen and oxygen atoms in total. The maximum absolute atomic E-state index is 14.4. The fourth-order valence-corrected chi connectivity index (χ4v) is 4.99. The summed E-state index contributed by atoms with van der Waals surface area (Å²) in [7, 11) is 0. The largest absolute Gasteiger partial charge is 0.432 e. The van der Waals surface area contributed by atoms with Gasteiger partial charge in [-0.05, 0) is 54.3 Å². The molecule has 0 amide bonds. The third-order valence-electron chi connectivity index (χ3n) is 6.72. The summed E-state index contributed by atoms with van der Waals surface area (Å²) in [5.41, 5.74) is 11.0. The number of nitrogens with two attached hydrogens (primary N) is 3. The van der Waals surface area contributed by atoms with E-state index in [4.69, 9.17) is 28.9 Å². The summed E-state index contributed by atoms with van der Waals surface area (Å²) >= 11 is 6.20. The molecule has 208 valence electrons. The highest BCUT2D eigenvalue weighted by atomic mass is 35.5. The first-order valence-corrected chi connectivity index (χ1v) is 12.3. The van der Waals surface area contributed by atoms with Gasteiger partial charge < -0.3 is 21.0 Å². The van der Waals surface area contributed by atoms with E-state index < -0.39 is 23.9 Å². The van der Waals surface area contributed by atoms with Crippen molar-refractivity contribution in [3.8, 4) is 22.4 Å². The lowest BCUT2D eigenvalue weighted by atomic mass is 9.99. The molecular weight excluding hydrogens is 552 g/mol. The standard InChI is InChI=1S/C26H23ClF4N8O/c1-12-6-20(25-35-10-17(36-25)15-3-5-22(33)37-24(15)28)39-19(12)7-13(8-23(39)40)16-9-14(27)2-4-18(16)38(34)11-21(32)26(29,30)31/h2-5,7-12,20H,6,32,34H2,1H3,(H2,33,37)(H,35,36)/b21-11-/t12-,20?/m1/s1. The first-order valence-electron chi connectivity index (χ1n) is 12.0. The van der Waals surface area contributed by atoms with Gasteiger partial charge in [-0.15, -0.1) is 0 Å². The Labute approximate surface area is 229 Å². The predicted octanol–water partition coefficient (Wildman–Crippen LogP) is 4.81. The number of allylic oxidation sites excluding steroid dienone is 1. The van der Waals surface area contributed by atoms with E-state index in [-0.39, 0.29) is 28.5 Å². The number of fused-ring (bicyclic) bond motifs is 1. The van der Waals surface area contributed by atoms with Gasteiger partial charge in [0.1, 0.15) is 17.3 Å². The zero-order valence-electron chi connectivity index (χ0n) is 20.9. The van der Waals surface area contributed by atoms with Gasteiger partial charge >= 0.3 is 6.18 Å². The molecule has 0 fully saturated rings. The average molecular weight is 575 g/mol. The normalized spacial score (nSPS) is 17.2. The lowest BCUT2D eigenvalue weighted by molar-refractivity contribution is -0.0928. The minimum absolute atomic E-state index is 0.0438. The van der Waals surface area contributed by atoms with Crippen LogP contribution >= 0.6 is 11.6 Å². The van der Waals surface area contributed by atoms with Crippen molar-refractivity contribution in [2.45, 2.75) is 31.5 Å². The molecule has 1 aliphatic rings. The van der Waals surface area contributed by atoms with Crippen LogP contribution in [-0.2, 0) is 0 Å². The second-order valence-corrected chi connectivity index (χ2v) is 9.87. The van der Waals surface area contributed by atoms with Crippen LogP contribution in [0.3, 0.4) is 0 Å². The Morgan fingerprint density at radius 3 is 2.65 bits per heavy atom. The summed E-state index contributed by atoms with van der Waals surface area (Å²) in [5.74, 6) is 5.57. The first kappa shape index (κ1) is 27.2. The molecule has 1 aromatic carbocycles. The molecule has 0 spiro atoms. The number of benzene rings is 1. The van der Waals surface area contributed by atoms with Gasteiger partial charge in [0.15, 0.2) is 0 Å². The van der Waals surface area contributed by atoms with Gasteiger partial charge in [-0.1, -0.05) is 18.5 Å². The van der Waals surface area contributed by atoms with Gasteiger partial charge in [0.25, 0.3) is 5.56 Å². The van der Waals surface area contributed by atoms with E-state index in [1.807, 2.05) is 6.92 Å². The van der Waals surface area contributed by atoms with Crippen LogP contribution in [0.5, 0.6) is 0 Å². The number of hydrogen-bond donors (Lipinski definition) is 4. The molecule has 40 heavy (non-hydrogen) atoms. The number of H-pyrrole nitrogens is 1. The molecule has 4 aromatic rings. The molecule has 4 heterocycles.